The normalized spacial score (nSPS) is 23.1. The molecule has 31 heavy (non-hydrogen) atoms. The van der Waals surface area contributed by atoms with Gasteiger partial charge in [-0.1, -0.05) is 26.0 Å². The van der Waals surface area contributed by atoms with Gasteiger partial charge >= 0.3 is 5.97 Å². The first-order valence-electron chi connectivity index (χ1n) is 11.1. The van der Waals surface area contributed by atoms with E-state index in [1.165, 1.54) is 9.80 Å². The molecule has 0 radical (unpaired) electrons. The van der Waals surface area contributed by atoms with Crippen molar-refractivity contribution in [2.24, 2.45) is 5.92 Å². The van der Waals surface area contributed by atoms with E-state index in [-0.39, 0.29) is 43.1 Å². The Balaban J connectivity index is 1.66. The van der Waals surface area contributed by atoms with Crippen LogP contribution < -0.4 is 4.90 Å². The van der Waals surface area contributed by atoms with E-state index in [0.29, 0.717) is 30.9 Å². The van der Waals surface area contributed by atoms with E-state index < -0.39 is 11.6 Å². The van der Waals surface area contributed by atoms with Gasteiger partial charge in [-0.05, 0) is 37.3 Å². The topological polar surface area (TPSA) is 87.2 Å². The second-order valence-corrected chi connectivity index (χ2v) is 8.89. The van der Waals surface area contributed by atoms with Gasteiger partial charge in [0.1, 0.15) is 0 Å². The minimum absolute atomic E-state index is 0.0754. The van der Waals surface area contributed by atoms with Crippen LogP contribution in [0.3, 0.4) is 0 Å². The summed E-state index contributed by atoms with van der Waals surface area (Å²) in [4.78, 5) is 57.0. The number of hydrogen-bond donors (Lipinski definition) is 0. The summed E-state index contributed by atoms with van der Waals surface area (Å²) < 4.78 is 5.51. The van der Waals surface area contributed by atoms with Crippen molar-refractivity contribution >= 4 is 29.4 Å². The number of fused-ring (bicyclic) bond motifs is 3. The van der Waals surface area contributed by atoms with E-state index in [0.717, 1.165) is 19.3 Å². The number of hydrogen-bond acceptors (Lipinski definition) is 5. The number of rotatable bonds is 5. The summed E-state index contributed by atoms with van der Waals surface area (Å²) in [5.74, 6) is -1.40. The minimum atomic E-state index is -1.55. The molecule has 3 aliphatic rings. The zero-order valence-electron chi connectivity index (χ0n) is 18.1. The third kappa shape index (κ3) is 3.58. The summed E-state index contributed by atoms with van der Waals surface area (Å²) in [5.41, 5.74) is -0.727. The zero-order valence-corrected chi connectivity index (χ0v) is 18.1. The largest absolute Gasteiger partial charge is 0.452 e. The first kappa shape index (κ1) is 21.3. The fourth-order valence-corrected chi connectivity index (χ4v) is 4.84. The average molecular weight is 428 g/mol. The lowest BCUT2D eigenvalue weighted by molar-refractivity contribution is -0.162. The van der Waals surface area contributed by atoms with Gasteiger partial charge in [-0.2, -0.15) is 0 Å². The first-order chi connectivity index (χ1) is 14.9. The highest BCUT2D eigenvalue weighted by Crippen LogP contribution is 2.45. The lowest BCUT2D eigenvalue weighted by Crippen LogP contribution is -2.69. The van der Waals surface area contributed by atoms with E-state index in [2.05, 4.69) is 0 Å². The lowest BCUT2D eigenvalue weighted by Gasteiger charge is -2.48. The standard InChI is InChI=1S/C23H29N3O5/c1-16(2)14-25-21(29)17-8-4-5-9-18(17)26-19(27)10-11-23(25,26)22(30)31-15-20(28)24-12-6-3-7-13-24/h4-5,8-9,16H,3,6-7,10-15H2,1-2H3/t23-/m0/s1. The average Bonchev–Trinajstić information content (AvgIpc) is 3.13. The molecule has 8 nitrogen and oxygen atoms in total. The fourth-order valence-electron chi connectivity index (χ4n) is 4.84. The van der Waals surface area contributed by atoms with Crippen LogP contribution in [0.4, 0.5) is 5.69 Å². The van der Waals surface area contributed by atoms with Crippen LogP contribution in [0.5, 0.6) is 0 Å². The number of likely N-dealkylation sites (tertiary alicyclic amines) is 1. The maximum absolute atomic E-state index is 13.5. The fraction of sp³-hybridized carbons (Fsp3) is 0.565. The Morgan fingerprint density at radius 1 is 1.10 bits per heavy atom. The summed E-state index contributed by atoms with van der Waals surface area (Å²) in [7, 11) is 0. The van der Waals surface area contributed by atoms with Crippen molar-refractivity contribution in [1.29, 1.82) is 0 Å². The molecule has 0 spiro atoms. The van der Waals surface area contributed by atoms with Crippen molar-refractivity contribution in [1.82, 2.24) is 9.80 Å². The molecule has 3 heterocycles. The Hall–Kier alpha value is -2.90. The molecular weight excluding hydrogens is 398 g/mol. The second-order valence-electron chi connectivity index (χ2n) is 8.89. The highest BCUT2D eigenvalue weighted by atomic mass is 16.5. The molecule has 0 aliphatic carbocycles. The number of esters is 1. The maximum atomic E-state index is 13.5. The van der Waals surface area contributed by atoms with Gasteiger partial charge in [0.2, 0.25) is 11.6 Å². The van der Waals surface area contributed by atoms with Crippen molar-refractivity contribution in [2.45, 2.75) is 51.6 Å². The van der Waals surface area contributed by atoms with Crippen LogP contribution in [0.2, 0.25) is 0 Å². The van der Waals surface area contributed by atoms with Gasteiger partial charge in [0.15, 0.2) is 6.61 Å². The Kier molecular flexibility index (Phi) is 5.73. The van der Waals surface area contributed by atoms with Crippen LogP contribution in [-0.2, 0) is 19.1 Å². The highest BCUT2D eigenvalue weighted by molar-refractivity contribution is 6.15. The molecule has 0 unspecified atom stereocenters. The molecule has 4 rings (SSSR count). The first-order valence-corrected chi connectivity index (χ1v) is 11.1. The molecule has 8 heteroatoms. The molecule has 2 fully saturated rings. The SMILES string of the molecule is CC(C)CN1C(=O)c2ccccc2N2C(=O)CC[C@]12C(=O)OCC(=O)N1CCCCC1. The molecular formula is C23H29N3O5. The van der Waals surface area contributed by atoms with Gasteiger partial charge in [-0.3, -0.25) is 19.3 Å². The van der Waals surface area contributed by atoms with Gasteiger partial charge < -0.3 is 14.5 Å². The van der Waals surface area contributed by atoms with Gasteiger partial charge in [0.05, 0.1) is 11.3 Å². The maximum Gasteiger partial charge on any atom is 0.354 e. The molecule has 0 N–H and O–H groups in total. The van der Waals surface area contributed by atoms with Gasteiger partial charge in [0.25, 0.3) is 11.8 Å². The molecule has 0 aromatic heterocycles. The smallest absolute Gasteiger partial charge is 0.354 e. The van der Waals surface area contributed by atoms with Crippen molar-refractivity contribution in [3.63, 3.8) is 0 Å². The van der Waals surface area contributed by atoms with Crippen LogP contribution in [0.25, 0.3) is 0 Å². The highest BCUT2D eigenvalue weighted by Gasteiger charge is 2.62. The number of carbonyl (C=O) groups excluding carboxylic acids is 4. The Bertz CT molecular complexity index is 908. The monoisotopic (exact) mass is 427 g/mol. The number of para-hydroxylation sites is 1. The Labute approximate surface area is 182 Å². The van der Waals surface area contributed by atoms with Crippen molar-refractivity contribution < 1.29 is 23.9 Å². The number of benzene rings is 1. The van der Waals surface area contributed by atoms with Crippen molar-refractivity contribution in [3.05, 3.63) is 29.8 Å². The molecule has 0 saturated carbocycles. The van der Waals surface area contributed by atoms with Crippen LogP contribution in [-0.4, -0.2) is 65.4 Å². The number of anilines is 1. The van der Waals surface area contributed by atoms with Crippen molar-refractivity contribution in [3.8, 4) is 0 Å². The number of nitrogens with zero attached hydrogens (tertiary/aromatic N) is 3. The molecule has 0 bridgehead atoms. The number of piperidine rings is 1. The number of ether oxygens (including phenoxy) is 1. The van der Waals surface area contributed by atoms with E-state index in [4.69, 9.17) is 4.74 Å². The number of amides is 3. The predicted octanol–water partition coefficient (Wildman–Crippen LogP) is 2.18. The second kappa shape index (κ2) is 8.32. The van der Waals surface area contributed by atoms with Gasteiger partial charge in [-0.25, -0.2) is 4.79 Å². The molecule has 1 aromatic carbocycles. The molecule has 1 aromatic rings. The Morgan fingerprint density at radius 2 is 1.81 bits per heavy atom. The summed E-state index contributed by atoms with van der Waals surface area (Å²) >= 11 is 0. The third-order valence-corrected chi connectivity index (χ3v) is 6.28. The van der Waals surface area contributed by atoms with Gasteiger partial charge in [-0.15, -0.1) is 0 Å². The molecule has 3 amide bonds. The van der Waals surface area contributed by atoms with E-state index >= 15 is 0 Å². The van der Waals surface area contributed by atoms with Crippen LogP contribution in [0.1, 0.15) is 56.3 Å². The third-order valence-electron chi connectivity index (χ3n) is 6.28. The van der Waals surface area contributed by atoms with E-state index in [9.17, 15) is 19.2 Å². The van der Waals surface area contributed by atoms with Crippen LogP contribution in [0, 0.1) is 5.92 Å². The number of carbonyl (C=O) groups is 4. The summed E-state index contributed by atoms with van der Waals surface area (Å²) in [6, 6.07) is 6.84. The van der Waals surface area contributed by atoms with E-state index in [1.807, 2.05) is 13.8 Å². The molecule has 1 atom stereocenters. The van der Waals surface area contributed by atoms with Gasteiger partial charge in [0, 0.05) is 32.5 Å². The van der Waals surface area contributed by atoms with Crippen LogP contribution in [0.15, 0.2) is 24.3 Å². The summed E-state index contributed by atoms with van der Waals surface area (Å²) in [6.45, 7) is 5.15. The van der Waals surface area contributed by atoms with E-state index in [1.54, 1.807) is 29.2 Å². The Morgan fingerprint density at radius 3 is 2.52 bits per heavy atom. The zero-order chi connectivity index (χ0) is 22.2. The molecule has 2 saturated heterocycles. The summed E-state index contributed by atoms with van der Waals surface area (Å²) in [5, 5.41) is 0. The lowest BCUT2D eigenvalue weighted by atomic mass is 9.95. The minimum Gasteiger partial charge on any atom is -0.452 e. The summed E-state index contributed by atoms with van der Waals surface area (Å²) in [6.07, 6.45) is 3.26. The van der Waals surface area contributed by atoms with Crippen molar-refractivity contribution in [2.75, 3.05) is 31.1 Å². The molecule has 166 valence electrons. The molecule has 3 aliphatic heterocycles. The quantitative estimate of drug-likeness (QED) is 0.672. The predicted molar refractivity (Wildman–Crippen MR) is 113 cm³/mol. The van der Waals surface area contributed by atoms with Crippen LogP contribution >= 0.6 is 0 Å².